The van der Waals surface area contributed by atoms with E-state index in [1.807, 2.05) is 24.3 Å². The largest absolute Gasteiger partial charge is 0.455 e. The average Bonchev–Trinajstić information content (AvgIpc) is 4.06. The summed E-state index contributed by atoms with van der Waals surface area (Å²) in [5, 5.41) is 15.5. The molecule has 0 aliphatic rings. The first-order chi connectivity index (χ1) is 33.2. The lowest BCUT2D eigenvalue weighted by Gasteiger charge is -2.14. The molecule has 0 aliphatic heterocycles. The second-order valence-electron chi connectivity index (χ2n) is 17.5. The van der Waals surface area contributed by atoms with E-state index in [1.54, 1.807) is 0 Å². The Morgan fingerprint density at radius 2 is 0.925 bits per heavy atom. The Bertz CT molecular complexity index is 4590. The van der Waals surface area contributed by atoms with Gasteiger partial charge in [0.2, 0.25) is 0 Å². The zero-order valence-corrected chi connectivity index (χ0v) is 35.7. The van der Waals surface area contributed by atoms with Crippen molar-refractivity contribution in [2.45, 2.75) is 0 Å². The highest BCUT2D eigenvalue weighted by Crippen LogP contribution is 2.45. The number of fused-ring (bicyclic) bond motifs is 14. The van der Waals surface area contributed by atoms with Crippen molar-refractivity contribution in [3.8, 4) is 39.9 Å². The molecule has 67 heavy (non-hydrogen) atoms. The minimum absolute atomic E-state index is 0.522. The van der Waals surface area contributed by atoms with Gasteiger partial charge in [-0.2, -0.15) is 0 Å². The molecule has 0 saturated heterocycles. The molecule has 0 bridgehead atoms. The number of aromatic nitrogens is 4. The molecule has 4 aromatic heterocycles. The van der Waals surface area contributed by atoms with Gasteiger partial charge in [0.15, 0.2) is 23.1 Å². The predicted octanol–water partition coefficient (Wildman–Crippen LogP) is 16.4. The van der Waals surface area contributed by atoms with E-state index in [0.717, 1.165) is 98.8 Å². The number of nitrogens with zero attached hydrogens (tertiary/aromatic N) is 4. The minimum atomic E-state index is 0.522. The lowest BCUT2D eigenvalue weighted by molar-refractivity contribution is 0.667. The van der Waals surface area contributed by atoms with E-state index >= 15 is 0 Å². The van der Waals surface area contributed by atoms with Crippen molar-refractivity contribution < 1.29 is 8.83 Å². The summed E-state index contributed by atoms with van der Waals surface area (Å²) in [6.45, 7) is 0. The molecule has 0 atom stereocenters. The van der Waals surface area contributed by atoms with Crippen LogP contribution in [0.2, 0.25) is 0 Å². The number of rotatable bonds is 4. The number of benzene rings is 11. The fourth-order valence-electron chi connectivity index (χ4n) is 10.6. The van der Waals surface area contributed by atoms with Gasteiger partial charge >= 0.3 is 0 Å². The Morgan fingerprint density at radius 1 is 0.328 bits per heavy atom. The van der Waals surface area contributed by atoms with Gasteiger partial charge in [-0.3, -0.25) is 0 Å². The van der Waals surface area contributed by atoms with Gasteiger partial charge in [-0.05, 0) is 92.3 Å². The van der Waals surface area contributed by atoms with Gasteiger partial charge in [0.1, 0.15) is 16.7 Å². The quantitative estimate of drug-likeness (QED) is 0.176. The fraction of sp³-hybridized carbons (Fsp3) is 0. The maximum absolute atomic E-state index is 7.24. The molecule has 11 aromatic carbocycles. The molecular weight excluding hydrogens is 821 g/mol. The molecule has 0 fully saturated rings. The molecule has 0 radical (unpaired) electrons. The van der Waals surface area contributed by atoms with Crippen molar-refractivity contribution in [1.82, 2.24) is 19.5 Å². The molecule has 4 heterocycles. The minimum Gasteiger partial charge on any atom is -0.455 e. The summed E-state index contributed by atoms with van der Waals surface area (Å²) in [5.41, 5.74) is 8.76. The van der Waals surface area contributed by atoms with Gasteiger partial charge in [0.25, 0.3) is 0 Å². The van der Waals surface area contributed by atoms with Crippen molar-refractivity contribution in [2.24, 2.45) is 0 Å². The summed E-state index contributed by atoms with van der Waals surface area (Å²) in [7, 11) is 0. The van der Waals surface area contributed by atoms with Crippen molar-refractivity contribution in [1.29, 1.82) is 0 Å². The summed E-state index contributed by atoms with van der Waals surface area (Å²) in [6, 6.07) is 72.8. The van der Waals surface area contributed by atoms with Crippen LogP contribution in [0.15, 0.2) is 215 Å². The van der Waals surface area contributed by atoms with E-state index in [4.69, 9.17) is 23.8 Å². The SMILES string of the molecule is c1ccc2cc(-c3nc(-c4cccc5c4oc4ccccc45)nc(-c4ccc(-n5c6cc7ccccc7cc6c6ccc7ccccc7c65)c5oc6cc7ccccc7cc6c45)n3)ccc2c1. The highest BCUT2D eigenvalue weighted by atomic mass is 16.3. The first-order valence-corrected chi connectivity index (χ1v) is 22.6. The molecule has 0 spiro atoms. The summed E-state index contributed by atoms with van der Waals surface area (Å²) < 4.78 is 16.3. The summed E-state index contributed by atoms with van der Waals surface area (Å²) in [6.07, 6.45) is 0. The molecule has 15 rings (SSSR count). The van der Waals surface area contributed by atoms with Crippen LogP contribution in [-0.4, -0.2) is 19.5 Å². The molecule has 0 amide bonds. The van der Waals surface area contributed by atoms with Gasteiger partial charge in [-0.15, -0.1) is 0 Å². The van der Waals surface area contributed by atoms with Crippen LogP contribution < -0.4 is 0 Å². The lowest BCUT2D eigenvalue weighted by atomic mass is 10.0. The van der Waals surface area contributed by atoms with Gasteiger partial charge in [0, 0.05) is 48.8 Å². The molecule has 0 unspecified atom stereocenters. The molecule has 15 aromatic rings. The maximum Gasteiger partial charge on any atom is 0.167 e. The molecule has 310 valence electrons. The smallest absolute Gasteiger partial charge is 0.167 e. The number of hydrogen-bond acceptors (Lipinski definition) is 5. The van der Waals surface area contributed by atoms with Crippen LogP contribution in [0.1, 0.15) is 0 Å². The zero-order valence-electron chi connectivity index (χ0n) is 35.7. The third-order valence-corrected chi connectivity index (χ3v) is 13.8. The Hall–Kier alpha value is -9.13. The van der Waals surface area contributed by atoms with Crippen molar-refractivity contribution >= 4 is 109 Å². The molecule has 0 saturated carbocycles. The van der Waals surface area contributed by atoms with E-state index < -0.39 is 0 Å². The van der Waals surface area contributed by atoms with Crippen LogP contribution >= 0.6 is 0 Å². The average molecular weight is 855 g/mol. The first kappa shape index (κ1) is 36.2. The maximum atomic E-state index is 7.24. The van der Waals surface area contributed by atoms with Crippen LogP contribution in [0, 0.1) is 0 Å². The fourth-order valence-corrected chi connectivity index (χ4v) is 10.6. The Balaban J connectivity index is 1.07. The normalized spacial score (nSPS) is 12.2. The third kappa shape index (κ3) is 5.35. The highest BCUT2D eigenvalue weighted by molar-refractivity contribution is 6.23. The third-order valence-electron chi connectivity index (χ3n) is 13.8. The lowest BCUT2D eigenvalue weighted by Crippen LogP contribution is -2.01. The van der Waals surface area contributed by atoms with Gasteiger partial charge in [-0.1, -0.05) is 152 Å². The van der Waals surface area contributed by atoms with Crippen LogP contribution in [0.3, 0.4) is 0 Å². The van der Waals surface area contributed by atoms with E-state index in [1.165, 1.54) is 32.3 Å². The molecular formula is C61H34N4O2. The summed E-state index contributed by atoms with van der Waals surface area (Å²) in [4.78, 5) is 16.1. The topological polar surface area (TPSA) is 69.9 Å². The molecule has 0 N–H and O–H groups in total. The molecule has 6 heteroatoms. The van der Waals surface area contributed by atoms with Crippen LogP contribution in [0.25, 0.3) is 149 Å². The van der Waals surface area contributed by atoms with Crippen molar-refractivity contribution in [2.75, 3.05) is 0 Å². The Kier molecular flexibility index (Phi) is 7.40. The second kappa shape index (κ2) is 13.7. The molecule has 0 aliphatic carbocycles. The van der Waals surface area contributed by atoms with E-state index in [9.17, 15) is 0 Å². The Morgan fingerprint density at radius 3 is 1.73 bits per heavy atom. The van der Waals surface area contributed by atoms with Crippen LogP contribution in [-0.2, 0) is 0 Å². The predicted molar refractivity (Wildman–Crippen MR) is 275 cm³/mol. The van der Waals surface area contributed by atoms with Crippen molar-refractivity contribution in [3.63, 3.8) is 0 Å². The van der Waals surface area contributed by atoms with Crippen LogP contribution in [0.5, 0.6) is 0 Å². The molecule has 6 nitrogen and oxygen atoms in total. The summed E-state index contributed by atoms with van der Waals surface area (Å²) >= 11 is 0. The highest BCUT2D eigenvalue weighted by Gasteiger charge is 2.25. The van der Waals surface area contributed by atoms with Crippen molar-refractivity contribution in [3.05, 3.63) is 206 Å². The number of hydrogen-bond donors (Lipinski definition) is 0. The Labute approximate surface area is 381 Å². The van der Waals surface area contributed by atoms with E-state index in [2.05, 4.69) is 187 Å². The zero-order chi connectivity index (χ0) is 43.7. The standard InChI is InChI=1S/C61H34N4O2/c1-2-14-37-30-42(25-24-35(37)12-1)59-62-60(64-61(63-59)48-22-11-21-46-44-20-9-10-23-53(44)66-57(46)48)47-28-29-51(58-55(47)50-32-39-16-4-6-18-41(39)34-54(50)67-58)65-52-33-40-17-5-3-15-38(40)31-49(52)45-27-26-36-13-7-8-19-43(36)56(45)65/h1-34H. The van der Waals surface area contributed by atoms with Gasteiger partial charge in [-0.25, -0.2) is 15.0 Å². The number of furan rings is 2. The van der Waals surface area contributed by atoms with Crippen LogP contribution in [0.4, 0.5) is 0 Å². The monoisotopic (exact) mass is 854 g/mol. The first-order valence-electron chi connectivity index (χ1n) is 22.6. The van der Waals surface area contributed by atoms with Gasteiger partial charge in [0.05, 0.1) is 22.3 Å². The van der Waals surface area contributed by atoms with E-state index in [-0.39, 0.29) is 0 Å². The second-order valence-corrected chi connectivity index (χ2v) is 17.5. The number of para-hydroxylation sites is 2. The summed E-state index contributed by atoms with van der Waals surface area (Å²) in [5.74, 6) is 1.62. The van der Waals surface area contributed by atoms with E-state index in [0.29, 0.717) is 17.5 Å². The van der Waals surface area contributed by atoms with Gasteiger partial charge < -0.3 is 13.4 Å².